The standard InChI is InChI=1S/C19H15ClIN3OS/c20-16-3-1-2-13(9-21)15(16)8-18-24-17(11-26-18)19(25)23-14-6-4-12(10-22)5-7-14/h1-7,17H,8-9,11H2,(H,23,25). The number of rotatable bonds is 5. The normalized spacial score (nSPS) is 16.0. The van der Waals surface area contributed by atoms with Gasteiger partial charge in [-0.25, -0.2) is 0 Å². The van der Waals surface area contributed by atoms with Crippen molar-refractivity contribution in [2.75, 3.05) is 11.1 Å². The zero-order chi connectivity index (χ0) is 18.5. The number of carbonyl (C=O) groups excluding carboxylic acids is 1. The Morgan fingerprint density at radius 2 is 2.12 bits per heavy atom. The molecule has 4 nitrogen and oxygen atoms in total. The van der Waals surface area contributed by atoms with Gasteiger partial charge in [0.1, 0.15) is 6.04 Å². The maximum absolute atomic E-state index is 12.4. The Bertz CT molecular complexity index is 893. The Labute approximate surface area is 175 Å². The molecule has 1 unspecified atom stereocenters. The number of hydrogen-bond donors (Lipinski definition) is 1. The van der Waals surface area contributed by atoms with E-state index in [-0.39, 0.29) is 5.91 Å². The highest BCUT2D eigenvalue weighted by molar-refractivity contribution is 14.1. The third-order valence-electron chi connectivity index (χ3n) is 3.98. The van der Waals surface area contributed by atoms with Crippen LogP contribution in [0.1, 0.15) is 16.7 Å². The number of aliphatic imine (C=N–C) groups is 1. The number of amides is 1. The lowest BCUT2D eigenvalue weighted by molar-refractivity contribution is -0.116. The summed E-state index contributed by atoms with van der Waals surface area (Å²) < 4.78 is 0.883. The van der Waals surface area contributed by atoms with Gasteiger partial charge in [-0.15, -0.1) is 11.8 Å². The molecule has 0 spiro atoms. The first-order valence-electron chi connectivity index (χ1n) is 7.93. The molecule has 26 heavy (non-hydrogen) atoms. The van der Waals surface area contributed by atoms with Crippen LogP contribution in [0.15, 0.2) is 47.5 Å². The van der Waals surface area contributed by atoms with E-state index < -0.39 is 6.04 Å². The highest BCUT2D eigenvalue weighted by Crippen LogP contribution is 2.28. The van der Waals surface area contributed by atoms with Crippen LogP contribution in [-0.2, 0) is 15.6 Å². The summed E-state index contributed by atoms with van der Waals surface area (Å²) in [6.45, 7) is 0. The first-order valence-corrected chi connectivity index (χ1v) is 10.8. The average Bonchev–Trinajstić information content (AvgIpc) is 3.13. The number of thioether (sulfide) groups is 1. The van der Waals surface area contributed by atoms with E-state index in [1.54, 1.807) is 36.0 Å². The van der Waals surface area contributed by atoms with E-state index in [9.17, 15) is 4.79 Å². The van der Waals surface area contributed by atoms with Crippen LogP contribution in [0.5, 0.6) is 0 Å². The van der Waals surface area contributed by atoms with Gasteiger partial charge in [-0.1, -0.05) is 46.3 Å². The van der Waals surface area contributed by atoms with Gasteiger partial charge >= 0.3 is 0 Å². The minimum Gasteiger partial charge on any atom is -0.324 e. The van der Waals surface area contributed by atoms with Crippen molar-refractivity contribution in [1.29, 1.82) is 5.26 Å². The number of alkyl halides is 1. The molecule has 1 atom stereocenters. The molecule has 0 fully saturated rings. The van der Waals surface area contributed by atoms with Gasteiger partial charge in [-0.05, 0) is 41.5 Å². The Morgan fingerprint density at radius 3 is 2.81 bits per heavy atom. The summed E-state index contributed by atoms with van der Waals surface area (Å²) >= 11 is 10.3. The Kier molecular flexibility index (Phi) is 6.57. The molecular formula is C19H15ClIN3OS. The fraction of sp³-hybridized carbons (Fsp3) is 0.211. The van der Waals surface area contributed by atoms with E-state index in [1.807, 2.05) is 12.1 Å². The van der Waals surface area contributed by atoms with Crippen LogP contribution in [0.4, 0.5) is 5.69 Å². The van der Waals surface area contributed by atoms with Crippen LogP contribution >= 0.6 is 46.0 Å². The van der Waals surface area contributed by atoms with Crippen molar-refractivity contribution in [3.63, 3.8) is 0 Å². The molecule has 0 saturated heterocycles. The molecule has 132 valence electrons. The quantitative estimate of drug-likeness (QED) is 0.477. The molecule has 2 aromatic carbocycles. The number of carbonyl (C=O) groups is 1. The fourth-order valence-electron chi connectivity index (χ4n) is 2.59. The summed E-state index contributed by atoms with van der Waals surface area (Å²) in [7, 11) is 0. The van der Waals surface area contributed by atoms with Crippen LogP contribution in [0.2, 0.25) is 5.02 Å². The second-order valence-corrected chi connectivity index (χ2v) is 7.98. The third kappa shape index (κ3) is 4.58. The van der Waals surface area contributed by atoms with E-state index in [0.717, 1.165) is 20.1 Å². The number of nitrogens with zero attached hydrogens (tertiary/aromatic N) is 2. The maximum Gasteiger partial charge on any atom is 0.250 e. The van der Waals surface area contributed by atoms with Gasteiger partial charge < -0.3 is 5.32 Å². The third-order valence-corrected chi connectivity index (χ3v) is 6.22. The lowest BCUT2D eigenvalue weighted by Crippen LogP contribution is -2.26. The average molecular weight is 496 g/mol. The van der Waals surface area contributed by atoms with Crippen molar-refractivity contribution in [2.45, 2.75) is 16.9 Å². The molecule has 0 saturated carbocycles. The molecule has 2 aromatic rings. The molecule has 0 aliphatic carbocycles. The van der Waals surface area contributed by atoms with E-state index in [2.05, 4.69) is 45.0 Å². The molecule has 1 amide bonds. The van der Waals surface area contributed by atoms with E-state index >= 15 is 0 Å². The van der Waals surface area contributed by atoms with Gasteiger partial charge in [-0.3, -0.25) is 9.79 Å². The predicted octanol–water partition coefficient (Wildman–Crippen LogP) is 4.84. The van der Waals surface area contributed by atoms with Gasteiger partial charge in [0.2, 0.25) is 5.91 Å². The number of halogens is 2. The summed E-state index contributed by atoms with van der Waals surface area (Å²) in [4.78, 5) is 17.0. The van der Waals surface area contributed by atoms with Crippen molar-refractivity contribution < 1.29 is 4.79 Å². The topological polar surface area (TPSA) is 65.2 Å². The first kappa shape index (κ1) is 19.2. The van der Waals surface area contributed by atoms with E-state index in [0.29, 0.717) is 23.4 Å². The smallest absolute Gasteiger partial charge is 0.250 e. The van der Waals surface area contributed by atoms with Gasteiger partial charge in [-0.2, -0.15) is 5.26 Å². The van der Waals surface area contributed by atoms with Crippen molar-refractivity contribution >= 4 is 62.6 Å². The van der Waals surface area contributed by atoms with Gasteiger partial charge in [0.25, 0.3) is 0 Å². The Balaban J connectivity index is 1.67. The highest BCUT2D eigenvalue weighted by atomic mass is 127. The Morgan fingerprint density at radius 1 is 1.35 bits per heavy atom. The molecule has 0 radical (unpaired) electrons. The largest absolute Gasteiger partial charge is 0.324 e. The maximum atomic E-state index is 12.4. The SMILES string of the molecule is N#Cc1ccc(NC(=O)C2CSC(Cc3c(Cl)cccc3CI)=N2)cc1. The molecule has 1 aliphatic rings. The number of nitrogens with one attached hydrogen (secondary N) is 1. The van der Waals surface area contributed by atoms with Gasteiger partial charge in [0, 0.05) is 27.3 Å². The van der Waals surface area contributed by atoms with E-state index in [1.165, 1.54) is 5.56 Å². The molecule has 1 heterocycles. The molecule has 0 aromatic heterocycles. The lowest BCUT2D eigenvalue weighted by atomic mass is 10.1. The van der Waals surface area contributed by atoms with Gasteiger partial charge in [0.15, 0.2) is 0 Å². The molecule has 3 rings (SSSR count). The molecule has 1 aliphatic heterocycles. The first-order chi connectivity index (χ1) is 12.6. The minimum atomic E-state index is -0.406. The second-order valence-electron chi connectivity index (χ2n) is 5.72. The summed E-state index contributed by atoms with van der Waals surface area (Å²) in [5.74, 6) is 0.493. The van der Waals surface area contributed by atoms with Gasteiger partial charge in [0.05, 0.1) is 16.7 Å². The predicted molar refractivity (Wildman–Crippen MR) is 116 cm³/mol. The summed E-state index contributed by atoms with van der Waals surface area (Å²) in [5, 5.41) is 13.4. The van der Waals surface area contributed by atoms with Crippen LogP contribution in [-0.4, -0.2) is 22.7 Å². The van der Waals surface area contributed by atoms with Crippen LogP contribution in [0.25, 0.3) is 0 Å². The van der Waals surface area contributed by atoms with E-state index in [4.69, 9.17) is 16.9 Å². The Hall–Kier alpha value is -1.56. The number of benzene rings is 2. The summed E-state index contributed by atoms with van der Waals surface area (Å²) in [5.41, 5.74) is 3.52. The number of nitriles is 1. The van der Waals surface area contributed by atoms with Crippen molar-refractivity contribution in [1.82, 2.24) is 0 Å². The molecular weight excluding hydrogens is 481 g/mol. The lowest BCUT2D eigenvalue weighted by Gasteiger charge is -2.09. The van der Waals surface area contributed by atoms with Crippen molar-refractivity contribution in [2.24, 2.45) is 4.99 Å². The number of hydrogen-bond acceptors (Lipinski definition) is 4. The fourth-order valence-corrected chi connectivity index (χ4v) is 4.59. The summed E-state index contributed by atoms with van der Waals surface area (Å²) in [6.07, 6.45) is 0.656. The minimum absolute atomic E-state index is 0.134. The zero-order valence-electron chi connectivity index (χ0n) is 13.7. The van der Waals surface area contributed by atoms with Crippen LogP contribution < -0.4 is 5.32 Å². The molecule has 0 bridgehead atoms. The second kappa shape index (κ2) is 8.89. The zero-order valence-corrected chi connectivity index (χ0v) is 17.4. The highest BCUT2D eigenvalue weighted by Gasteiger charge is 2.26. The molecule has 7 heteroatoms. The summed E-state index contributed by atoms with van der Waals surface area (Å²) in [6, 6.07) is 14.4. The number of anilines is 1. The van der Waals surface area contributed by atoms with Crippen LogP contribution in [0, 0.1) is 11.3 Å². The monoisotopic (exact) mass is 495 g/mol. The molecule has 1 N–H and O–H groups in total. The van der Waals surface area contributed by atoms with Crippen molar-refractivity contribution in [3.05, 3.63) is 64.2 Å². The van der Waals surface area contributed by atoms with Crippen molar-refractivity contribution in [3.8, 4) is 6.07 Å². The van der Waals surface area contributed by atoms with Crippen LogP contribution in [0.3, 0.4) is 0 Å².